The van der Waals surface area contributed by atoms with Gasteiger partial charge in [0.15, 0.2) is 0 Å². The van der Waals surface area contributed by atoms with Crippen LogP contribution in [0.2, 0.25) is 10.0 Å². The number of halogens is 2. The van der Waals surface area contributed by atoms with Gasteiger partial charge in [0.05, 0.1) is 0 Å². The molecule has 0 aliphatic carbocycles. The van der Waals surface area contributed by atoms with Crippen molar-refractivity contribution in [2.75, 3.05) is 19.6 Å². The molecule has 19 heavy (non-hydrogen) atoms. The van der Waals surface area contributed by atoms with Crippen molar-refractivity contribution in [3.05, 3.63) is 33.8 Å². The van der Waals surface area contributed by atoms with Crippen molar-refractivity contribution in [3.8, 4) is 0 Å². The molecule has 0 bridgehead atoms. The smallest absolute Gasteiger partial charge is 0.0468 e. The van der Waals surface area contributed by atoms with Crippen LogP contribution >= 0.6 is 23.2 Å². The Kier molecular flexibility index (Phi) is 5.52. The molecule has 106 valence electrons. The number of benzene rings is 1. The van der Waals surface area contributed by atoms with E-state index in [9.17, 15) is 0 Å². The first-order valence-electron chi connectivity index (χ1n) is 7.03. The Morgan fingerprint density at radius 3 is 2.89 bits per heavy atom. The van der Waals surface area contributed by atoms with E-state index in [1.807, 2.05) is 18.2 Å². The zero-order chi connectivity index (χ0) is 13.8. The molecule has 1 N–H and O–H groups in total. The SMILES string of the molecule is CCN1CCCC(NC(C)c2ccc(Cl)cc2Cl)C1. The predicted molar refractivity (Wildman–Crippen MR) is 83.1 cm³/mol. The standard InChI is InChI=1S/C15H22Cl2N2/c1-3-19-8-4-5-13(10-19)18-11(2)14-7-6-12(16)9-15(14)17/h6-7,9,11,13,18H,3-5,8,10H2,1-2H3. The van der Waals surface area contributed by atoms with Crippen LogP contribution in [0.5, 0.6) is 0 Å². The number of piperidine rings is 1. The van der Waals surface area contributed by atoms with E-state index in [4.69, 9.17) is 23.2 Å². The number of nitrogens with one attached hydrogen (secondary N) is 1. The van der Waals surface area contributed by atoms with E-state index in [0.717, 1.165) is 23.7 Å². The third kappa shape index (κ3) is 4.09. The second-order valence-electron chi connectivity index (χ2n) is 5.29. The van der Waals surface area contributed by atoms with Gasteiger partial charge >= 0.3 is 0 Å². The van der Waals surface area contributed by atoms with Gasteiger partial charge < -0.3 is 10.2 Å². The summed E-state index contributed by atoms with van der Waals surface area (Å²) in [4.78, 5) is 2.50. The molecule has 1 heterocycles. The maximum atomic E-state index is 6.26. The highest BCUT2D eigenvalue weighted by Gasteiger charge is 2.21. The van der Waals surface area contributed by atoms with Crippen LogP contribution in [-0.2, 0) is 0 Å². The molecule has 0 radical (unpaired) electrons. The molecule has 1 aromatic rings. The van der Waals surface area contributed by atoms with Crippen LogP contribution in [-0.4, -0.2) is 30.6 Å². The van der Waals surface area contributed by atoms with Gasteiger partial charge in [-0.25, -0.2) is 0 Å². The number of likely N-dealkylation sites (tertiary alicyclic amines) is 1. The van der Waals surface area contributed by atoms with E-state index in [-0.39, 0.29) is 6.04 Å². The molecule has 0 spiro atoms. The summed E-state index contributed by atoms with van der Waals surface area (Å²) in [5.74, 6) is 0. The lowest BCUT2D eigenvalue weighted by molar-refractivity contribution is 0.192. The lowest BCUT2D eigenvalue weighted by atomic mass is 10.0. The van der Waals surface area contributed by atoms with Crippen LogP contribution in [0.4, 0.5) is 0 Å². The molecular formula is C15H22Cl2N2. The largest absolute Gasteiger partial charge is 0.306 e. The second-order valence-corrected chi connectivity index (χ2v) is 6.13. The van der Waals surface area contributed by atoms with Crippen molar-refractivity contribution in [1.82, 2.24) is 10.2 Å². The van der Waals surface area contributed by atoms with Gasteiger partial charge in [0, 0.05) is 28.7 Å². The van der Waals surface area contributed by atoms with Gasteiger partial charge in [0.25, 0.3) is 0 Å². The van der Waals surface area contributed by atoms with Crippen LogP contribution < -0.4 is 5.32 Å². The summed E-state index contributed by atoms with van der Waals surface area (Å²) < 4.78 is 0. The van der Waals surface area contributed by atoms with Gasteiger partial charge in [-0.2, -0.15) is 0 Å². The zero-order valence-electron chi connectivity index (χ0n) is 11.6. The number of rotatable bonds is 4. The minimum atomic E-state index is 0.256. The third-order valence-electron chi connectivity index (χ3n) is 3.87. The first kappa shape index (κ1) is 15.1. The average Bonchev–Trinajstić information content (AvgIpc) is 2.38. The Morgan fingerprint density at radius 2 is 2.21 bits per heavy atom. The third-order valence-corrected chi connectivity index (χ3v) is 4.43. The highest BCUT2D eigenvalue weighted by atomic mass is 35.5. The normalized spacial score (nSPS) is 22.4. The fourth-order valence-electron chi connectivity index (χ4n) is 2.77. The van der Waals surface area contributed by atoms with Gasteiger partial charge in [-0.15, -0.1) is 0 Å². The molecule has 1 saturated heterocycles. The molecule has 1 fully saturated rings. The minimum Gasteiger partial charge on any atom is -0.306 e. The van der Waals surface area contributed by atoms with Gasteiger partial charge in [-0.3, -0.25) is 0 Å². The topological polar surface area (TPSA) is 15.3 Å². The van der Waals surface area contributed by atoms with Crippen molar-refractivity contribution in [2.24, 2.45) is 0 Å². The summed E-state index contributed by atoms with van der Waals surface area (Å²) in [5.41, 5.74) is 1.12. The molecule has 2 rings (SSSR count). The molecule has 2 unspecified atom stereocenters. The summed E-state index contributed by atoms with van der Waals surface area (Å²) in [6.07, 6.45) is 2.51. The van der Waals surface area contributed by atoms with Gasteiger partial charge in [0.2, 0.25) is 0 Å². The van der Waals surface area contributed by atoms with E-state index in [0.29, 0.717) is 11.1 Å². The summed E-state index contributed by atoms with van der Waals surface area (Å²) in [6, 6.07) is 6.54. The molecule has 1 aromatic carbocycles. The van der Waals surface area contributed by atoms with E-state index in [1.54, 1.807) is 0 Å². The minimum absolute atomic E-state index is 0.256. The molecule has 0 amide bonds. The van der Waals surface area contributed by atoms with E-state index < -0.39 is 0 Å². The number of hydrogen-bond donors (Lipinski definition) is 1. The monoisotopic (exact) mass is 300 g/mol. The van der Waals surface area contributed by atoms with E-state index >= 15 is 0 Å². The van der Waals surface area contributed by atoms with Crippen molar-refractivity contribution < 1.29 is 0 Å². The highest BCUT2D eigenvalue weighted by Crippen LogP contribution is 2.27. The predicted octanol–water partition coefficient (Wildman–Crippen LogP) is 4.13. The average molecular weight is 301 g/mol. The summed E-state index contributed by atoms with van der Waals surface area (Å²) >= 11 is 12.2. The Morgan fingerprint density at radius 1 is 1.42 bits per heavy atom. The van der Waals surface area contributed by atoms with Crippen LogP contribution in [0.3, 0.4) is 0 Å². The lowest BCUT2D eigenvalue weighted by Crippen LogP contribution is -2.46. The Hall–Kier alpha value is -0.280. The maximum absolute atomic E-state index is 6.26. The molecule has 2 atom stereocenters. The van der Waals surface area contributed by atoms with Crippen LogP contribution in [0, 0.1) is 0 Å². The molecule has 4 heteroatoms. The molecule has 0 aromatic heterocycles. The van der Waals surface area contributed by atoms with Gasteiger partial charge in [0.1, 0.15) is 0 Å². The lowest BCUT2D eigenvalue weighted by Gasteiger charge is -2.34. The summed E-state index contributed by atoms with van der Waals surface area (Å²) in [5, 5.41) is 5.13. The molecule has 1 aliphatic rings. The van der Waals surface area contributed by atoms with E-state index in [1.165, 1.54) is 19.4 Å². The summed E-state index contributed by atoms with van der Waals surface area (Å²) in [7, 11) is 0. The Balaban J connectivity index is 1.98. The number of likely N-dealkylation sites (N-methyl/N-ethyl adjacent to an activating group) is 1. The molecule has 1 aliphatic heterocycles. The van der Waals surface area contributed by atoms with Crippen LogP contribution in [0.1, 0.15) is 38.3 Å². The fraction of sp³-hybridized carbons (Fsp3) is 0.600. The summed E-state index contributed by atoms with van der Waals surface area (Å²) in [6.45, 7) is 7.88. The second kappa shape index (κ2) is 6.94. The van der Waals surface area contributed by atoms with Crippen molar-refractivity contribution >= 4 is 23.2 Å². The van der Waals surface area contributed by atoms with Crippen molar-refractivity contribution in [3.63, 3.8) is 0 Å². The van der Waals surface area contributed by atoms with Crippen molar-refractivity contribution in [1.29, 1.82) is 0 Å². The first-order chi connectivity index (χ1) is 9.10. The van der Waals surface area contributed by atoms with Crippen LogP contribution in [0.15, 0.2) is 18.2 Å². The zero-order valence-corrected chi connectivity index (χ0v) is 13.1. The van der Waals surface area contributed by atoms with Crippen LogP contribution in [0.25, 0.3) is 0 Å². The molecule has 2 nitrogen and oxygen atoms in total. The maximum Gasteiger partial charge on any atom is 0.0468 e. The van der Waals surface area contributed by atoms with Gasteiger partial charge in [-0.1, -0.05) is 36.2 Å². The molecule has 0 saturated carbocycles. The fourth-order valence-corrected chi connectivity index (χ4v) is 3.35. The Bertz CT molecular complexity index is 423. The molecular weight excluding hydrogens is 279 g/mol. The van der Waals surface area contributed by atoms with Gasteiger partial charge in [-0.05, 0) is 50.6 Å². The highest BCUT2D eigenvalue weighted by molar-refractivity contribution is 6.35. The quantitative estimate of drug-likeness (QED) is 0.899. The number of nitrogens with zero attached hydrogens (tertiary/aromatic N) is 1. The number of hydrogen-bond acceptors (Lipinski definition) is 2. The van der Waals surface area contributed by atoms with Crippen molar-refractivity contribution in [2.45, 2.75) is 38.8 Å². The first-order valence-corrected chi connectivity index (χ1v) is 7.79. The Labute approximate surface area is 126 Å². The van der Waals surface area contributed by atoms with E-state index in [2.05, 4.69) is 24.1 Å².